The Morgan fingerprint density at radius 1 is 1.42 bits per heavy atom. The molecule has 1 heterocycles. The summed E-state index contributed by atoms with van der Waals surface area (Å²) >= 11 is 6.12. The number of rotatable bonds is 1. The summed E-state index contributed by atoms with van der Waals surface area (Å²) in [4.78, 5) is 20.6. The topological polar surface area (TPSA) is 34.1 Å². The molecule has 0 aliphatic carbocycles. The van der Waals surface area contributed by atoms with Crippen molar-refractivity contribution < 1.29 is 9.59 Å². The molecule has 4 heteroatoms. The lowest BCUT2D eigenvalue weighted by Gasteiger charge is -1.79. The molecule has 1 aromatic rings. The van der Waals surface area contributed by atoms with Crippen molar-refractivity contribution in [2.45, 2.75) is 13.8 Å². The smallest absolute Gasteiger partial charge is 0.218 e. The van der Waals surface area contributed by atoms with Gasteiger partial charge >= 0.3 is 0 Å². The lowest BCUT2D eigenvalue weighted by Crippen LogP contribution is -1.83. The molecule has 0 saturated heterocycles. The predicted octanol–water partition coefficient (Wildman–Crippen LogP) is 2.72. The molecule has 66 valence electrons. The number of thiophene rings is 1. The molecule has 0 fully saturated rings. The Morgan fingerprint density at radius 2 is 1.92 bits per heavy atom. The number of carbonyl (C=O) groups excluding carboxylic acids is 2. The van der Waals surface area contributed by atoms with Crippen LogP contribution in [-0.2, 0) is 4.79 Å². The lowest BCUT2D eigenvalue weighted by atomic mass is 10.4. The van der Waals surface area contributed by atoms with Crippen LogP contribution in [0.4, 0.5) is 0 Å². The molecule has 0 N–H and O–H groups in total. The molecule has 0 spiro atoms. The van der Waals surface area contributed by atoms with E-state index in [9.17, 15) is 9.59 Å². The van der Waals surface area contributed by atoms with Crippen LogP contribution in [0.2, 0.25) is 0 Å². The average molecular weight is 205 g/mol. The Labute approximate surface area is 80.2 Å². The number of carbonyl (C=O) groups is 2. The van der Waals surface area contributed by atoms with Gasteiger partial charge < -0.3 is 0 Å². The summed E-state index contributed by atoms with van der Waals surface area (Å²) in [5.41, 5.74) is 0. The zero-order chi connectivity index (χ0) is 9.56. The first kappa shape index (κ1) is 11.3. The van der Waals surface area contributed by atoms with Crippen LogP contribution >= 0.6 is 22.9 Å². The van der Waals surface area contributed by atoms with Crippen LogP contribution in [0.1, 0.15) is 23.5 Å². The molecule has 0 aliphatic heterocycles. The van der Waals surface area contributed by atoms with Gasteiger partial charge in [0.1, 0.15) is 0 Å². The van der Waals surface area contributed by atoms with Crippen LogP contribution in [-0.4, -0.2) is 11.0 Å². The quantitative estimate of drug-likeness (QED) is 0.521. The maximum absolute atomic E-state index is 10.5. The van der Waals surface area contributed by atoms with Crippen molar-refractivity contribution >= 4 is 34.0 Å². The van der Waals surface area contributed by atoms with E-state index >= 15 is 0 Å². The molecule has 12 heavy (non-hydrogen) atoms. The molecular formula is C8H9ClO2S. The number of hydrogen-bond donors (Lipinski definition) is 0. The molecule has 2 nitrogen and oxygen atoms in total. The highest BCUT2D eigenvalue weighted by molar-refractivity contribution is 7.12. The van der Waals surface area contributed by atoms with Crippen molar-refractivity contribution in [2.75, 3.05) is 0 Å². The summed E-state index contributed by atoms with van der Waals surface area (Å²) in [6, 6.07) is 3.70. The van der Waals surface area contributed by atoms with Crippen molar-refractivity contribution in [2.24, 2.45) is 0 Å². The minimum Gasteiger partial charge on any atom is -0.294 e. The van der Waals surface area contributed by atoms with Crippen LogP contribution in [0.3, 0.4) is 0 Å². The van der Waals surface area contributed by atoms with Gasteiger partial charge in [-0.2, -0.15) is 0 Å². The standard InChI is InChI=1S/C6H6OS.C2H3ClO/c1-5(7)6-3-2-4-8-6;1-2(3)4/h2-4H,1H3;1H3. The predicted molar refractivity (Wildman–Crippen MR) is 50.9 cm³/mol. The molecule has 0 atom stereocenters. The third-order valence-corrected chi connectivity index (χ3v) is 1.84. The summed E-state index contributed by atoms with van der Waals surface area (Å²) in [5.74, 6) is 0.153. The third kappa shape index (κ3) is 6.07. The van der Waals surface area contributed by atoms with Gasteiger partial charge in [-0.05, 0) is 30.0 Å². The number of ketones is 1. The third-order valence-electron chi connectivity index (χ3n) is 0.868. The summed E-state index contributed by atoms with van der Waals surface area (Å²) < 4.78 is 0. The SMILES string of the molecule is CC(=O)Cl.CC(=O)c1cccs1. The highest BCUT2D eigenvalue weighted by atomic mass is 35.5. The normalized spacial score (nSPS) is 8.25. The van der Waals surface area contributed by atoms with E-state index in [1.54, 1.807) is 6.92 Å². The van der Waals surface area contributed by atoms with Gasteiger partial charge in [0.05, 0.1) is 4.88 Å². The van der Waals surface area contributed by atoms with Crippen LogP contribution in [0.15, 0.2) is 17.5 Å². The van der Waals surface area contributed by atoms with Crippen molar-refractivity contribution in [3.63, 3.8) is 0 Å². The van der Waals surface area contributed by atoms with Crippen molar-refractivity contribution in [1.29, 1.82) is 0 Å². The van der Waals surface area contributed by atoms with Gasteiger partial charge in [0, 0.05) is 6.92 Å². The highest BCUT2D eigenvalue weighted by Crippen LogP contribution is 2.07. The van der Waals surface area contributed by atoms with Gasteiger partial charge in [-0.25, -0.2) is 0 Å². The van der Waals surface area contributed by atoms with Crippen LogP contribution < -0.4 is 0 Å². The number of hydrogen-bond acceptors (Lipinski definition) is 3. The van der Waals surface area contributed by atoms with Gasteiger partial charge in [-0.15, -0.1) is 11.3 Å². The minimum atomic E-state index is -0.361. The Morgan fingerprint density at radius 3 is 2.08 bits per heavy atom. The summed E-state index contributed by atoms with van der Waals surface area (Å²) in [7, 11) is 0. The van der Waals surface area contributed by atoms with Gasteiger partial charge in [-0.3, -0.25) is 9.59 Å². The molecule has 0 saturated carbocycles. The van der Waals surface area contributed by atoms with E-state index in [0.29, 0.717) is 0 Å². The molecule has 1 rings (SSSR count). The Hall–Kier alpha value is -0.670. The second kappa shape index (κ2) is 5.91. The highest BCUT2D eigenvalue weighted by Gasteiger charge is 1.95. The molecule has 1 aromatic heterocycles. The minimum absolute atomic E-state index is 0.153. The maximum Gasteiger partial charge on any atom is 0.218 e. The van der Waals surface area contributed by atoms with Crippen LogP contribution in [0.25, 0.3) is 0 Å². The monoisotopic (exact) mass is 204 g/mol. The summed E-state index contributed by atoms with van der Waals surface area (Å²) in [6.07, 6.45) is 0. The number of Topliss-reactive ketones (excluding diaryl/α,β-unsaturated/α-hetero) is 1. The van der Waals surface area contributed by atoms with Crippen molar-refractivity contribution in [1.82, 2.24) is 0 Å². The maximum atomic E-state index is 10.5. The summed E-state index contributed by atoms with van der Waals surface area (Å²) in [6.45, 7) is 2.87. The van der Waals surface area contributed by atoms with E-state index < -0.39 is 0 Å². The molecular weight excluding hydrogens is 196 g/mol. The Balaban J connectivity index is 0.000000261. The van der Waals surface area contributed by atoms with Crippen molar-refractivity contribution in [3.8, 4) is 0 Å². The molecule has 0 bridgehead atoms. The van der Waals surface area contributed by atoms with E-state index in [4.69, 9.17) is 0 Å². The largest absolute Gasteiger partial charge is 0.294 e. The fraction of sp³-hybridized carbons (Fsp3) is 0.250. The fourth-order valence-electron chi connectivity index (χ4n) is 0.479. The molecule has 0 aliphatic rings. The van der Waals surface area contributed by atoms with Gasteiger partial charge in [0.25, 0.3) is 0 Å². The van der Waals surface area contributed by atoms with E-state index in [1.165, 1.54) is 18.3 Å². The van der Waals surface area contributed by atoms with Gasteiger partial charge in [-0.1, -0.05) is 6.07 Å². The van der Waals surface area contributed by atoms with Crippen LogP contribution in [0.5, 0.6) is 0 Å². The van der Waals surface area contributed by atoms with Crippen LogP contribution in [0, 0.1) is 0 Å². The Kier molecular flexibility index (Phi) is 5.58. The molecule has 0 radical (unpaired) electrons. The zero-order valence-corrected chi connectivity index (χ0v) is 8.41. The van der Waals surface area contributed by atoms with E-state index in [-0.39, 0.29) is 11.0 Å². The first-order chi connectivity index (χ1) is 5.54. The van der Waals surface area contributed by atoms with E-state index in [0.717, 1.165) is 4.88 Å². The van der Waals surface area contributed by atoms with Crippen molar-refractivity contribution in [3.05, 3.63) is 22.4 Å². The second-order valence-electron chi connectivity index (χ2n) is 2.00. The van der Waals surface area contributed by atoms with E-state index in [2.05, 4.69) is 11.6 Å². The first-order valence-corrected chi connectivity index (χ1v) is 4.50. The van der Waals surface area contributed by atoms with E-state index in [1.807, 2.05) is 17.5 Å². The second-order valence-corrected chi connectivity index (χ2v) is 3.48. The Bertz CT molecular complexity index is 250. The lowest BCUT2D eigenvalue weighted by molar-refractivity contribution is -0.109. The zero-order valence-electron chi connectivity index (χ0n) is 6.83. The molecule has 0 unspecified atom stereocenters. The fourth-order valence-corrected chi connectivity index (χ4v) is 1.11. The van der Waals surface area contributed by atoms with Gasteiger partial charge in [0.2, 0.25) is 5.24 Å². The summed E-state index contributed by atoms with van der Waals surface area (Å²) in [5, 5.41) is 1.54. The van der Waals surface area contributed by atoms with Gasteiger partial charge in [0.15, 0.2) is 5.78 Å². The first-order valence-electron chi connectivity index (χ1n) is 3.24. The average Bonchev–Trinajstić information content (AvgIpc) is 2.34. The molecule has 0 aromatic carbocycles. The number of halogens is 1. The molecule has 0 amide bonds.